The summed E-state index contributed by atoms with van der Waals surface area (Å²) < 4.78 is 34.0. The Morgan fingerprint density at radius 1 is 1.03 bits per heavy atom. The van der Waals surface area contributed by atoms with Crippen LogP contribution in [0.3, 0.4) is 0 Å². The Morgan fingerprint density at radius 2 is 1.72 bits per heavy atom. The number of carbonyl (C=O) groups excluding carboxylic acids is 1. The van der Waals surface area contributed by atoms with E-state index in [0.29, 0.717) is 17.1 Å². The number of piperazine rings is 1. The molecule has 0 saturated carbocycles. The van der Waals surface area contributed by atoms with Crippen molar-refractivity contribution in [2.45, 2.75) is 11.8 Å². The van der Waals surface area contributed by atoms with Crippen molar-refractivity contribution in [3.05, 3.63) is 42.5 Å². The molecule has 1 saturated heterocycles. The summed E-state index contributed by atoms with van der Waals surface area (Å²) in [6.45, 7) is 4.83. The van der Waals surface area contributed by atoms with Gasteiger partial charge in [0.2, 0.25) is 5.91 Å². The molecule has 8 nitrogen and oxygen atoms in total. The molecule has 0 bridgehead atoms. The van der Waals surface area contributed by atoms with Crippen molar-refractivity contribution in [2.75, 3.05) is 55.3 Å². The number of likely N-dealkylation sites (N-methyl/N-ethyl adjacent to an activating group) is 1. The van der Waals surface area contributed by atoms with E-state index in [9.17, 15) is 13.2 Å². The summed E-state index contributed by atoms with van der Waals surface area (Å²) in [7, 11) is -0.333. The van der Waals surface area contributed by atoms with Crippen molar-refractivity contribution in [3.63, 3.8) is 0 Å². The predicted octanol–water partition coefficient (Wildman–Crippen LogP) is 2.21. The van der Waals surface area contributed by atoms with Crippen LogP contribution in [0.25, 0.3) is 0 Å². The van der Waals surface area contributed by atoms with Crippen LogP contribution in [0.2, 0.25) is 0 Å². The molecule has 1 heterocycles. The Labute approximate surface area is 171 Å². The van der Waals surface area contributed by atoms with Gasteiger partial charge < -0.3 is 19.9 Å². The van der Waals surface area contributed by atoms with Gasteiger partial charge in [-0.3, -0.25) is 9.52 Å². The SMILES string of the molecule is COc1ccc(S(=O)(=O)Nc2ccccc2N2CCN(C)CC2)cc1NC(C)=O. The number of ether oxygens (including phenoxy) is 1. The first kappa shape index (κ1) is 20.9. The highest BCUT2D eigenvalue weighted by atomic mass is 32.2. The zero-order valence-electron chi connectivity index (χ0n) is 16.8. The van der Waals surface area contributed by atoms with E-state index in [-0.39, 0.29) is 10.8 Å². The van der Waals surface area contributed by atoms with E-state index in [4.69, 9.17) is 4.74 Å². The highest BCUT2D eigenvalue weighted by molar-refractivity contribution is 7.92. The Kier molecular flexibility index (Phi) is 6.29. The molecule has 1 fully saturated rings. The van der Waals surface area contributed by atoms with Gasteiger partial charge >= 0.3 is 0 Å². The molecule has 0 unspecified atom stereocenters. The van der Waals surface area contributed by atoms with Crippen LogP contribution in [0.15, 0.2) is 47.4 Å². The Hall–Kier alpha value is -2.78. The third-order valence-corrected chi connectivity index (χ3v) is 6.15. The number of benzene rings is 2. The first-order valence-corrected chi connectivity index (χ1v) is 10.8. The molecule has 1 aliphatic rings. The van der Waals surface area contributed by atoms with Crippen molar-refractivity contribution in [1.82, 2.24) is 4.90 Å². The highest BCUT2D eigenvalue weighted by Crippen LogP contribution is 2.31. The van der Waals surface area contributed by atoms with Gasteiger partial charge in [0, 0.05) is 33.1 Å². The summed E-state index contributed by atoms with van der Waals surface area (Å²) in [6, 6.07) is 11.7. The largest absolute Gasteiger partial charge is 0.495 e. The molecule has 0 aliphatic carbocycles. The molecular formula is C20H26N4O4S. The van der Waals surface area contributed by atoms with E-state index in [2.05, 4.69) is 26.9 Å². The van der Waals surface area contributed by atoms with Gasteiger partial charge in [0.15, 0.2) is 0 Å². The van der Waals surface area contributed by atoms with Crippen molar-refractivity contribution < 1.29 is 17.9 Å². The number of methoxy groups -OCH3 is 1. The molecule has 3 rings (SSSR count). The molecule has 156 valence electrons. The van der Waals surface area contributed by atoms with E-state index in [0.717, 1.165) is 31.9 Å². The van der Waals surface area contributed by atoms with E-state index in [1.54, 1.807) is 12.1 Å². The van der Waals surface area contributed by atoms with Gasteiger partial charge in [-0.1, -0.05) is 12.1 Å². The van der Waals surface area contributed by atoms with Gasteiger partial charge in [0.1, 0.15) is 5.75 Å². The van der Waals surface area contributed by atoms with Gasteiger partial charge in [-0.25, -0.2) is 8.42 Å². The third kappa shape index (κ3) is 4.99. The molecule has 0 aromatic heterocycles. The van der Waals surface area contributed by atoms with E-state index in [1.165, 1.54) is 32.2 Å². The monoisotopic (exact) mass is 418 g/mol. The zero-order chi connectivity index (χ0) is 21.0. The maximum atomic E-state index is 13.0. The lowest BCUT2D eigenvalue weighted by molar-refractivity contribution is -0.114. The van der Waals surface area contributed by atoms with Crippen molar-refractivity contribution >= 4 is 33.0 Å². The topological polar surface area (TPSA) is 91.0 Å². The second-order valence-corrected chi connectivity index (χ2v) is 8.64. The summed E-state index contributed by atoms with van der Waals surface area (Å²) >= 11 is 0. The van der Waals surface area contributed by atoms with Crippen LogP contribution in [0.5, 0.6) is 5.75 Å². The molecule has 2 N–H and O–H groups in total. The van der Waals surface area contributed by atoms with Crippen molar-refractivity contribution in [2.24, 2.45) is 0 Å². The lowest BCUT2D eigenvalue weighted by Crippen LogP contribution is -2.44. The molecule has 0 radical (unpaired) electrons. The number of hydrogen-bond acceptors (Lipinski definition) is 6. The minimum Gasteiger partial charge on any atom is -0.495 e. The predicted molar refractivity (Wildman–Crippen MR) is 114 cm³/mol. The molecule has 1 amide bonds. The van der Waals surface area contributed by atoms with E-state index < -0.39 is 10.0 Å². The molecular weight excluding hydrogens is 392 g/mol. The number of nitrogens with one attached hydrogen (secondary N) is 2. The van der Waals surface area contributed by atoms with E-state index in [1.807, 2.05) is 12.1 Å². The normalized spacial score (nSPS) is 15.1. The second kappa shape index (κ2) is 8.71. The number of rotatable bonds is 6. The fourth-order valence-electron chi connectivity index (χ4n) is 3.23. The van der Waals surface area contributed by atoms with Gasteiger partial charge in [0.05, 0.1) is 29.1 Å². The van der Waals surface area contributed by atoms with Crippen LogP contribution in [0.1, 0.15) is 6.92 Å². The smallest absolute Gasteiger partial charge is 0.262 e. The Morgan fingerprint density at radius 3 is 2.38 bits per heavy atom. The van der Waals surface area contributed by atoms with E-state index >= 15 is 0 Å². The average Bonchev–Trinajstić information content (AvgIpc) is 2.68. The number of nitrogens with zero attached hydrogens (tertiary/aromatic N) is 2. The van der Waals surface area contributed by atoms with Crippen molar-refractivity contribution in [3.8, 4) is 5.75 Å². The molecule has 9 heteroatoms. The van der Waals surface area contributed by atoms with Gasteiger partial charge in [0.25, 0.3) is 10.0 Å². The van der Waals surface area contributed by atoms with Crippen LogP contribution in [0, 0.1) is 0 Å². The summed E-state index contributed by atoms with van der Waals surface area (Å²) in [5, 5.41) is 2.60. The summed E-state index contributed by atoms with van der Waals surface area (Å²) in [6.07, 6.45) is 0. The number of amides is 1. The summed E-state index contributed by atoms with van der Waals surface area (Å²) in [4.78, 5) is 15.9. The fraction of sp³-hybridized carbons (Fsp3) is 0.350. The molecule has 0 atom stereocenters. The highest BCUT2D eigenvalue weighted by Gasteiger charge is 2.22. The molecule has 1 aliphatic heterocycles. The number of carbonyl (C=O) groups is 1. The quantitative estimate of drug-likeness (QED) is 0.748. The van der Waals surface area contributed by atoms with Crippen LogP contribution >= 0.6 is 0 Å². The standard InChI is InChI=1S/C20H26N4O4S/c1-15(25)21-18-14-16(8-9-20(18)28-3)29(26,27)22-17-6-4-5-7-19(17)24-12-10-23(2)11-13-24/h4-9,14,22H,10-13H2,1-3H3,(H,21,25). The first-order valence-electron chi connectivity index (χ1n) is 9.31. The minimum absolute atomic E-state index is 0.0373. The zero-order valence-corrected chi connectivity index (χ0v) is 17.6. The summed E-state index contributed by atoms with van der Waals surface area (Å²) in [5.74, 6) is 0.0724. The third-order valence-electron chi connectivity index (χ3n) is 4.78. The fourth-order valence-corrected chi connectivity index (χ4v) is 4.33. The average molecular weight is 419 g/mol. The number of hydrogen-bond donors (Lipinski definition) is 2. The minimum atomic E-state index is -3.86. The Balaban J connectivity index is 1.89. The van der Waals surface area contributed by atoms with Gasteiger partial charge in [-0.15, -0.1) is 0 Å². The van der Waals surface area contributed by atoms with Crippen LogP contribution in [-0.2, 0) is 14.8 Å². The number of para-hydroxylation sites is 2. The molecule has 0 spiro atoms. The van der Waals surface area contributed by atoms with Crippen LogP contribution in [0.4, 0.5) is 17.1 Å². The van der Waals surface area contributed by atoms with Gasteiger partial charge in [-0.05, 0) is 37.4 Å². The lowest BCUT2D eigenvalue weighted by atomic mass is 10.2. The molecule has 2 aromatic carbocycles. The number of sulfonamides is 1. The molecule has 2 aromatic rings. The summed E-state index contributed by atoms with van der Waals surface area (Å²) in [5.41, 5.74) is 1.67. The number of anilines is 3. The maximum Gasteiger partial charge on any atom is 0.262 e. The van der Waals surface area contributed by atoms with Gasteiger partial charge in [-0.2, -0.15) is 0 Å². The Bertz CT molecular complexity index is 986. The maximum absolute atomic E-state index is 13.0. The van der Waals surface area contributed by atoms with Crippen LogP contribution in [-0.4, -0.2) is 59.6 Å². The molecule has 29 heavy (non-hydrogen) atoms. The van der Waals surface area contributed by atoms with Crippen molar-refractivity contribution in [1.29, 1.82) is 0 Å². The van der Waals surface area contributed by atoms with Crippen LogP contribution < -0.4 is 19.7 Å². The second-order valence-electron chi connectivity index (χ2n) is 6.96. The first-order chi connectivity index (χ1) is 13.8. The lowest BCUT2D eigenvalue weighted by Gasteiger charge is -2.35.